The molecule has 0 saturated carbocycles. The van der Waals surface area contributed by atoms with Crippen molar-refractivity contribution in [3.05, 3.63) is 35.4 Å². The molecule has 1 heterocycles. The van der Waals surface area contributed by atoms with Crippen molar-refractivity contribution < 1.29 is 4.48 Å². The maximum Gasteiger partial charge on any atom is 0.166 e. The van der Waals surface area contributed by atoms with Crippen LogP contribution in [0, 0.1) is 11.3 Å². The minimum Gasteiger partial charge on any atom is -0.310 e. The molecular weight excluding hydrogens is 172 g/mol. The number of hydrogen-bond donors (Lipinski definition) is 0. The molecule has 1 unspecified atom stereocenters. The summed E-state index contributed by atoms with van der Waals surface area (Å²) in [4.78, 5) is 0. The van der Waals surface area contributed by atoms with Crippen LogP contribution in [0.15, 0.2) is 24.3 Å². The quantitative estimate of drug-likeness (QED) is 0.485. The number of fused-ring (bicyclic) bond motifs is 1. The maximum atomic E-state index is 8.77. The predicted molar refractivity (Wildman–Crippen MR) is 55.4 cm³/mol. The van der Waals surface area contributed by atoms with Crippen molar-refractivity contribution in [1.29, 1.82) is 5.26 Å². The number of likely N-dealkylation sites (N-methyl/N-ethyl adjacent to an activating group) is 1. The molecule has 0 spiro atoms. The lowest BCUT2D eigenvalue weighted by Crippen LogP contribution is -2.47. The van der Waals surface area contributed by atoms with Crippen molar-refractivity contribution in [2.24, 2.45) is 0 Å². The Hall–Kier alpha value is -1.33. The van der Waals surface area contributed by atoms with Crippen LogP contribution in [0.1, 0.15) is 11.1 Å². The van der Waals surface area contributed by atoms with Gasteiger partial charge in [-0.1, -0.05) is 24.3 Å². The molecule has 1 aliphatic rings. The topological polar surface area (TPSA) is 23.8 Å². The van der Waals surface area contributed by atoms with E-state index in [0.29, 0.717) is 6.54 Å². The van der Waals surface area contributed by atoms with Crippen LogP contribution in [0.4, 0.5) is 0 Å². The first-order valence-electron chi connectivity index (χ1n) is 5.01. The molecule has 72 valence electrons. The molecule has 0 aliphatic carbocycles. The summed E-state index contributed by atoms with van der Waals surface area (Å²) >= 11 is 0. The van der Waals surface area contributed by atoms with Crippen molar-refractivity contribution in [2.75, 3.05) is 20.1 Å². The highest BCUT2D eigenvalue weighted by atomic mass is 15.3. The Kier molecular flexibility index (Phi) is 2.26. The minimum absolute atomic E-state index is 0.619. The molecule has 0 aromatic heterocycles. The summed E-state index contributed by atoms with van der Waals surface area (Å²) < 4.78 is 0.869. The lowest BCUT2D eigenvalue weighted by Gasteiger charge is -2.36. The van der Waals surface area contributed by atoms with Crippen molar-refractivity contribution in [1.82, 2.24) is 0 Å². The fourth-order valence-corrected chi connectivity index (χ4v) is 2.14. The molecule has 0 amide bonds. The van der Waals surface area contributed by atoms with Crippen LogP contribution in [0.2, 0.25) is 0 Å². The zero-order valence-corrected chi connectivity index (χ0v) is 8.53. The molecule has 2 rings (SSSR count). The molecule has 14 heavy (non-hydrogen) atoms. The Bertz CT molecular complexity index is 378. The molecule has 0 fully saturated rings. The van der Waals surface area contributed by atoms with Crippen LogP contribution in [-0.2, 0) is 13.0 Å². The van der Waals surface area contributed by atoms with E-state index < -0.39 is 0 Å². The maximum absolute atomic E-state index is 8.77. The van der Waals surface area contributed by atoms with Crippen molar-refractivity contribution in [3.8, 4) is 6.07 Å². The van der Waals surface area contributed by atoms with Crippen molar-refractivity contribution >= 4 is 0 Å². The summed E-state index contributed by atoms with van der Waals surface area (Å²) in [7, 11) is 2.17. The highest BCUT2D eigenvalue weighted by molar-refractivity contribution is 5.27. The van der Waals surface area contributed by atoms with Crippen LogP contribution in [0.5, 0.6) is 0 Å². The SMILES string of the molecule is C[N+]1(CC#N)CCc2ccccc2C1. The smallest absolute Gasteiger partial charge is 0.166 e. The summed E-state index contributed by atoms with van der Waals surface area (Å²) in [6.07, 6.45) is 1.11. The predicted octanol–water partition coefficient (Wildman–Crippen LogP) is 1.71. The van der Waals surface area contributed by atoms with E-state index in [2.05, 4.69) is 37.4 Å². The fraction of sp³-hybridized carbons (Fsp3) is 0.417. The first-order valence-corrected chi connectivity index (χ1v) is 5.01. The molecule has 0 bridgehead atoms. The van der Waals surface area contributed by atoms with E-state index in [1.54, 1.807) is 0 Å². The Morgan fingerprint density at radius 3 is 2.79 bits per heavy atom. The van der Waals surface area contributed by atoms with Gasteiger partial charge in [0.2, 0.25) is 0 Å². The summed E-state index contributed by atoms with van der Waals surface area (Å²) in [5.74, 6) is 0. The minimum atomic E-state index is 0.619. The largest absolute Gasteiger partial charge is 0.310 e. The Labute approximate surface area is 85.0 Å². The zero-order valence-electron chi connectivity index (χ0n) is 8.53. The number of hydrogen-bond acceptors (Lipinski definition) is 1. The summed E-state index contributed by atoms with van der Waals surface area (Å²) in [5, 5.41) is 8.77. The number of nitrogens with zero attached hydrogens (tertiary/aromatic N) is 2. The van der Waals surface area contributed by atoms with Crippen LogP contribution in [0.25, 0.3) is 0 Å². The van der Waals surface area contributed by atoms with Gasteiger partial charge in [-0.2, -0.15) is 5.26 Å². The van der Waals surface area contributed by atoms with Crippen LogP contribution in [0.3, 0.4) is 0 Å². The second kappa shape index (κ2) is 3.43. The van der Waals surface area contributed by atoms with Gasteiger partial charge in [-0.3, -0.25) is 0 Å². The first kappa shape index (κ1) is 9.23. The van der Waals surface area contributed by atoms with Gasteiger partial charge in [-0.25, -0.2) is 0 Å². The van der Waals surface area contributed by atoms with E-state index in [1.807, 2.05) is 0 Å². The highest BCUT2D eigenvalue weighted by Gasteiger charge is 2.27. The lowest BCUT2D eigenvalue weighted by molar-refractivity contribution is -0.917. The van der Waals surface area contributed by atoms with E-state index in [9.17, 15) is 0 Å². The fourth-order valence-electron chi connectivity index (χ4n) is 2.14. The second-order valence-electron chi connectivity index (χ2n) is 4.34. The molecule has 2 heteroatoms. The Balaban J connectivity index is 2.25. The molecule has 1 aliphatic heterocycles. The van der Waals surface area contributed by atoms with E-state index in [-0.39, 0.29) is 0 Å². The van der Waals surface area contributed by atoms with E-state index in [1.165, 1.54) is 11.1 Å². The van der Waals surface area contributed by atoms with Crippen LogP contribution < -0.4 is 0 Å². The van der Waals surface area contributed by atoms with Gasteiger partial charge >= 0.3 is 0 Å². The molecule has 1 aromatic carbocycles. The van der Waals surface area contributed by atoms with Crippen molar-refractivity contribution in [2.45, 2.75) is 13.0 Å². The molecule has 1 aromatic rings. The monoisotopic (exact) mass is 187 g/mol. The molecular formula is C12H15N2+. The Morgan fingerprint density at radius 2 is 2.07 bits per heavy atom. The van der Waals surface area contributed by atoms with Gasteiger partial charge < -0.3 is 4.48 Å². The van der Waals surface area contributed by atoms with Gasteiger partial charge in [0.05, 0.1) is 13.6 Å². The van der Waals surface area contributed by atoms with Gasteiger partial charge in [-0.05, 0) is 5.56 Å². The average Bonchev–Trinajstić information content (AvgIpc) is 2.17. The summed E-state index contributed by atoms with van der Waals surface area (Å²) in [6.45, 7) is 2.71. The first-order chi connectivity index (χ1) is 6.73. The summed E-state index contributed by atoms with van der Waals surface area (Å²) in [6, 6.07) is 10.8. The average molecular weight is 187 g/mol. The van der Waals surface area contributed by atoms with Crippen LogP contribution in [-0.4, -0.2) is 24.6 Å². The number of quaternary nitrogens is 1. The normalized spacial score (nSPS) is 25.1. The van der Waals surface area contributed by atoms with Crippen LogP contribution >= 0.6 is 0 Å². The standard InChI is InChI=1S/C12H15N2/c1-14(9-7-13)8-6-11-4-2-3-5-12(11)10-14/h2-5H,6,8-10H2,1H3/q+1. The van der Waals surface area contributed by atoms with E-state index in [0.717, 1.165) is 24.0 Å². The van der Waals surface area contributed by atoms with E-state index in [4.69, 9.17) is 5.26 Å². The molecule has 0 N–H and O–H groups in total. The molecule has 2 nitrogen and oxygen atoms in total. The molecule has 0 radical (unpaired) electrons. The number of rotatable bonds is 1. The number of benzene rings is 1. The van der Waals surface area contributed by atoms with Gasteiger partial charge in [0, 0.05) is 12.0 Å². The number of nitriles is 1. The molecule has 1 atom stereocenters. The zero-order chi connectivity index (χ0) is 10.0. The third kappa shape index (κ3) is 1.64. The third-order valence-corrected chi connectivity index (χ3v) is 3.04. The van der Waals surface area contributed by atoms with Gasteiger partial charge in [0.25, 0.3) is 0 Å². The highest BCUT2D eigenvalue weighted by Crippen LogP contribution is 2.22. The second-order valence-corrected chi connectivity index (χ2v) is 4.34. The van der Waals surface area contributed by atoms with Gasteiger partial charge in [0.15, 0.2) is 6.54 Å². The van der Waals surface area contributed by atoms with Crippen molar-refractivity contribution in [3.63, 3.8) is 0 Å². The van der Waals surface area contributed by atoms with Gasteiger partial charge in [-0.15, -0.1) is 0 Å². The lowest BCUT2D eigenvalue weighted by atomic mass is 9.98. The van der Waals surface area contributed by atoms with E-state index >= 15 is 0 Å². The van der Waals surface area contributed by atoms with Gasteiger partial charge in [0.1, 0.15) is 12.6 Å². The third-order valence-electron chi connectivity index (χ3n) is 3.04. The molecule has 0 saturated heterocycles. The summed E-state index contributed by atoms with van der Waals surface area (Å²) in [5.41, 5.74) is 2.87. The Morgan fingerprint density at radius 1 is 1.36 bits per heavy atom.